The molecule has 0 aliphatic rings. The van der Waals surface area contributed by atoms with E-state index in [-0.39, 0.29) is 17.5 Å². The van der Waals surface area contributed by atoms with Crippen molar-refractivity contribution in [3.8, 4) is 0 Å². The van der Waals surface area contributed by atoms with Crippen molar-refractivity contribution in [3.63, 3.8) is 0 Å². The molecule has 0 aliphatic carbocycles. The second-order valence-corrected chi connectivity index (χ2v) is 4.17. The van der Waals surface area contributed by atoms with Crippen LogP contribution in [-0.2, 0) is 0 Å². The SMILES string of the molecule is CCC(NC(=O)c1cc[nH]c(=O)c1)C(C)C. The molecule has 1 atom stereocenters. The van der Waals surface area contributed by atoms with Gasteiger partial charge in [-0.05, 0) is 18.4 Å². The molecule has 0 fully saturated rings. The average Bonchev–Trinajstić information content (AvgIpc) is 2.25. The molecule has 0 saturated heterocycles. The number of aromatic amines is 1. The largest absolute Gasteiger partial charge is 0.349 e. The van der Waals surface area contributed by atoms with Crippen LogP contribution in [0, 0.1) is 5.92 Å². The molecule has 0 saturated carbocycles. The molecular weight excluding hydrogens is 204 g/mol. The van der Waals surface area contributed by atoms with Gasteiger partial charge in [-0.25, -0.2) is 0 Å². The van der Waals surface area contributed by atoms with E-state index >= 15 is 0 Å². The topological polar surface area (TPSA) is 62.0 Å². The zero-order valence-electron chi connectivity index (χ0n) is 9.91. The highest BCUT2D eigenvalue weighted by atomic mass is 16.2. The maximum absolute atomic E-state index is 11.8. The molecule has 1 rings (SSSR count). The molecule has 0 radical (unpaired) electrons. The van der Waals surface area contributed by atoms with Gasteiger partial charge in [0.15, 0.2) is 0 Å². The summed E-state index contributed by atoms with van der Waals surface area (Å²) in [6.45, 7) is 6.15. The molecule has 0 spiro atoms. The highest BCUT2D eigenvalue weighted by Gasteiger charge is 2.15. The van der Waals surface area contributed by atoms with Gasteiger partial charge >= 0.3 is 0 Å². The lowest BCUT2D eigenvalue weighted by Gasteiger charge is -2.20. The van der Waals surface area contributed by atoms with Crippen molar-refractivity contribution >= 4 is 5.91 Å². The molecule has 0 aromatic carbocycles. The molecule has 16 heavy (non-hydrogen) atoms. The van der Waals surface area contributed by atoms with E-state index in [1.54, 1.807) is 6.07 Å². The lowest BCUT2D eigenvalue weighted by atomic mass is 10.0. The summed E-state index contributed by atoms with van der Waals surface area (Å²) in [5, 5.41) is 2.92. The summed E-state index contributed by atoms with van der Waals surface area (Å²) in [7, 11) is 0. The van der Waals surface area contributed by atoms with E-state index in [0.29, 0.717) is 11.5 Å². The fourth-order valence-corrected chi connectivity index (χ4v) is 1.58. The predicted molar refractivity (Wildman–Crippen MR) is 63.4 cm³/mol. The number of nitrogens with one attached hydrogen (secondary N) is 2. The normalized spacial score (nSPS) is 12.5. The molecule has 1 aromatic heterocycles. The molecule has 2 N–H and O–H groups in total. The fourth-order valence-electron chi connectivity index (χ4n) is 1.58. The van der Waals surface area contributed by atoms with Crippen LogP contribution in [0.5, 0.6) is 0 Å². The molecule has 88 valence electrons. The van der Waals surface area contributed by atoms with E-state index in [1.165, 1.54) is 12.3 Å². The lowest BCUT2D eigenvalue weighted by Crippen LogP contribution is -2.38. The van der Waals surface area contributed by atoms with E-state index in [0.717, 1.165) is 6.42 Å². The van der Waals surface area contributed by atoms with Gasteiger partial charge in [0.1, 0.15) is 0 Å². The van der Waals surface area contributed by atoms with E-state index in [9.17, 15) is 9.59 Å². The summed E-state index contributed by atoms with van der Waals surface area (Å²) >= 11 is 0. The van der Waals surface area contributed by atoms with E-state index in [1.807, 2.05) is 6.92 Å². The highest BCUT2D eigenvalue weighted by Crippen LogP contribution is 2.06. The smallest absolute Gasteiger partial charge is 0.251 e. The molecule has 4 heteroatoms. The third kappa shape index (κ3) is 3.22. The molecule has 1 amide bonds. The zero-order chi connectivity index (χ0) is 12.1. The third-order valence-electron chi connectivity index (χ3n) is 2.60. The first-order valence-electron chi connectivity index (χ1n) is 5.54. The van der Waals surface area contributed by atoms with Crippen molar-refractivity contribution in [2.45, 2.75) is 33.2 Å². The van der Waals surface area contributed by atoms with Gasteiger partial charge in [-0.3, -0.25) is 9.59 Å². The fraction of sp³-hybridized carbons (Fsp3) is 0.500. The maximum atomic E-state index is 11.8. The van der Waals surface area contributed by atoms with E-state index in [2.05, 4.69) is 24.1 Å². The Hall–Kier alpha value is -1.58. The van der Waals surface area contributed by atoms with Crippen LogP contribution in [0.1, 0.15) is 37.6 Å². The number of pyridine rings is 1. The first kappa shape index (κ1) is 12.5. The van der Waals surface area contributed by atoms with Gasteiger partial charge in [-0.1, -0.05) is 20.8 Å². The number of rotatable bonds is 4. The van der Waals surface area contributed by atoms with Crippen LogP contribution in [0.15, 0.2) is 23.1 Å². The first-order valence-corrected chi connectivity index (χ1v) is 5.54. The van der Waals surface area contributed by atoms with Gasteiger partial charge in [-0.15, -0.1) is 0 Å². The minimum Gasteiger partial charge on any atom is -0.349 e. The molecule has 0 aliphatic heterocycles. The summed E-state index contributed by atoms with van der Waals surface area (Å²) in [6.07, 6.45) is 2.36. The summed E-state index contributed by atoms with van der Waals surface area (Å²) in [5.41, 5.74) is 0.146. The Morgan fingerprint density at radius 1 is 1.50 bits per heavy atom. The first-order chi connectivity index (χ1) is 7.54. The van der Waals surface area contributed by atoms with E-state index < -0.39 is 0 Å². The van der Waals surface area contributed by atoms with Gasteiger partial charge < -0.3 is 10.3 Å². The van der Waals surface area contributed by atoms with Gasteiger partial charge in [0.05, 0.1) is 0 Å². The molecule has 1 aromatic rings. The Balaban J connectivity index is 2.75. The summed E-state index contributed by atoms with van der Waals surface area (Å²) < 4.78 is 0. The van der Waals surface area contributed by atoms with E-state index in [4.69, 9.17) is 0 Å². The number of hydrogen-bond acceptors (Lipinski definition) is 2. The average molecular weight is 222 g/mol. The molecule has 0 bridgehead atoms. The van der Waals surface area contributed by atoms with Crippen LogP contribution in [0.2, 0.25) is 0 Å². The number of carbonyl (C=O) groups is 1. The quantitative estimate of drug-likeness (QED) is 0.811. The zero-order valence-corrected chi connectivity index (χ0v) is 9.91. The van der Waals surface area contributed by atoms with Gasteiger partial charge in [0.25, 0.3) is 5.91 Å². The van der Waals surface area contributed by atoms with Gasteiger partial charge in [-0.2, -0.15) is 0 Å². The molecule has 1 heterocycles. The Bertz CT molecular complexity index is 409. The monoisotopic (exact) mass is 222 g/mol. The van der Waals surface area contributed by atoms with Crippen molar-refractivity contribution in [3.05, 3.63) is 34.2 Å². The molecular formula is C12H18N2O2. The minimum atomic E-state index is -0.259. The second-order valence-electron chi connectivity index (χ2n) is 4.17. The third-order valence-corrected chi connectivity index (χ3v) is 2.60. The Morgan fingerprint density at radius 2 is 2.19 bits per heavy atom. The Morgan fingerprint density at radius 3 is 2.69 bits per heavy atom. The van der Waals surface area contributed by atoms with Crippen LogP contribution in [0.3, 0.4) is 0 Å². The van der Waals surface area contributed by atoms with Crippen LogP contribution in [0.25, 0.3) is 0 Å². The number of aromatic nitrogens is 1. The van der Waals surface area contributed by atoms with Crippen LogP contribution in [0.4, 0.5) is 0 Å². The van der Waals surface area contributed by atoms with Crippen LogP contribution >= 0.6 is 0 Å². The number of carbonyl (C=O) groups excluding carboxylic acids is 1. The summed E-state index contributed by atoms with van der Waals surface area (Å²) in [5.74, 6) is 0.197. The van der Waals surface area contributed by atoms with Gasteiger partial charge in [0, 0.05) is 23.9 Å². The van der Waals surface area contributed by atoms with Crippen molar-refractivity contribution in [2.24, 2.45) is 5.92 Å². The number of H-pyrrole nitrogens is 1. The molecule has 1 unspecified atom stereocenters. The van der Waals surface area contributed by atoms with Crippen LogP contribution in [-0.4, -0.2) is 16.9 Å². The van der Waals surface area contributed by atoms with Crippen LogP contribution < -0.4 is 10.9 Å². The standard InChI is InChI=1S/C12H18N2O2/c1-4-10(8(2)3)14-12(16)9-5-6-13-11(15)7-9/h5-8,10H,4H2,1-3H3,(H,13,15)(H,14,16). The van der Waals surface area contributed by atoms with Gasteiger partial charge in [0.2, 0.25) is 5.56 Å². The Labute approximate surface area is 95.1 Å². The second kappa shape index (κ2) is 5.49. The van der Waals surface area contributed by atoms with Crippen molar-refractivity contribution in [1.82, 2.24) is 10.3 Å². The predicted octanol–water partition coefficient (Wildman–Crippen LogP) is 1.54. The maximum Gasteiger partial charge on any atom is 0.251 e. The minimum absolute atomic E-state index is 0.145. The van der Waals surface area contributed by atoms with Crippen molar-refractivity contribution in [2.75, 3.05) is 0 Å². The molecule has 4 nitrogen and oxygen atoms in total. The number of hydrogen-bond donors (Lipinski definition) is 2. The Kier molecular flexibility index (Phi) is 4.28. The lowest BCUT2D eigenvalue weighted by molar-refractivity contribution is 0.0924. The summed E-state index contributed by atoms with van der Waals surface area (Å²) in [6, 6.07) is 3.05. The number of amides is 1. The van der Waals surface area contributed by atoms with Crippen molar-refractivity contribution in [1.29, 1.82) is 0 Å². The summed E-state index contributed by atoms with van der Waals surface area (Å²) in [4.78, 5) is 25.3. The van der Waals surface area contributed by atoms with Crippen molar-refractivity contribution < 1.29 is 4.79 Å². The highest BCUT2D eigenvalue weighted by molar-refractivity contribution is 5.94.